The first-order valence-electron chi connectivity index (χ1n) is 9.54. The van der Waals surface area contributed by atoms with Gasteiger partial charge in [0.2, 0.25) is 0 Å². The van der Waals surface area contributed by atoms with Gasteiger partial charge in [0.1, 0.15) is 0 Å². The van der Waals surface area contributed by atoms with Crippen LogP contribution in [0.25, 0.3) is 10.9 Å². The molecule has 128 valence electrons. The van der Waals surface area contributed by atoms with Gasteiger partial charge in [-0.05, 0) is 68.5 Å². The van der Waals surface area contributed by atoms with Gasteiger partial charge in [0.15, 0.2) is 0 Å². The van der Waals surface area contributed by atoms with Gasteiger partial charge in [-0.25, -0.2) is 0 Å². The van der Waals surface area contributed by atoms with Crippen LogP contribution < -0.4 is 0 Å². The second kappa shape index (κ2) is 5.99. The van der Waals surface area contributed by atoms with E-state index in [1.165, 1.54) is 53.7 Å². The number of hydrogen-bond acceptors (Lipinski definition) is 2. The lowest BCUT2D eigenvalue weighted by Gasteiger charge is -2.26. The molecular formula is C22H25N3. The first kappa shape index (κ1) is 15.2. The molecule has 2 bridgehead atoms. The number of pyridine rings is 1. The van der Waals surface area contributed by atoms with E-state index in [-0.39, 0.29) is 0 Å². The van der Waals surface area contributed by atoms with Crippen molar-refractivity contribution in [2.75, 3.05) is 13.1 Å². The van der Waals surface area contributed by atoms with Gasteiger partial charge in [0.25, 0.3) is 0 Å². The Morgan fingerprint density at radius 2 is 2.00 bits per heavy atom. The van der Waals surface area contributed by atoms with Crippen LogP contribution in [-0.4, -0.2) is 28.0 Å². The third-order valence-corrected chi connectivity index (χ3v) is 6.09. The molecule has 0 atom stereocenters. The van der Waals surface area contributed by atoms with E-state index in [9.17, 15) is 0 Å². The van der Waals surface area contributed by atoms with Crippen molar-refractivity contribution >= 4 is 10.9 Å². The highest BCUT2D eigenvalue weighted by Crippen LogP contribution is 2.39. The minimum atomic E-state index is 0.732. The molecule has 3 aromatic rings. The predicted molar refractivity (Wildman–Crippen MR) is 102 cm³/mol. The zero-order valence-electron chi connectivity index (χ0n) is 14.9. The number of aryl methyl sites for hydroxylation is 3. The Bertz CT molecular complexity index is 899. The maximum Gasteiger partial charge on any atom is 0.0492 e. The summed E-state index contributed by atoms with van der Waals surface area (Å²) in [6.45, 7) is 5.68. The summed E-state index contributed by atoms with van der Waals surface area (Å²) < 4.78 is 0. The van der Waals surface area contributed by atoms with E-state index in [1.807, 2.05) is 13.1 Å². The van der Waals surface area contributed by atoms with E-state index in [2.05, 4.69) is 45.2 Å². The smallest absolute Gasteiger partial charge is 0.0492 e. The molecule has 6 rings (SSSR count). The summed E-state index contributed by atoms with van der Waals surface area (Å²) in [4.78, 5) is 10.9. The lowest BCUT2D eigenvalue weighted by atomic mass is 9.94. The molecule has 0 amide bonds. The second-order valence-electron chi connectivity index (χ2n) is 7.72. The molecule has 3 aliphatic heterocycles. The number of piperidine rings is 1. The summed E-state index contributed by atoms with van der Waals surface area (Å²) in [6, 6.07) is 11.2. The molecule has 1 aromatic carbocycles. The zero-order valence-corrected chi connectivity index (χ0v) is 14.9. The number of rotatable bonds is 3. The van der Waals surface area contributed by atoms with Crippen LogP contribution in [0.4, 0.5) is 0 Å². The molecule has 3 aliphatic rings. The van der Waals surface area contributed by atoms with Crippen LogP contribution in [0.1, 0.15) is 46.8 Å². The molecule has 1 saturated heterocycles. The summed E-state index contributed by atoms with van der Waals surface area (Å²) in [5.74, 6) is 0.732. The topological polar surface area (TPSA) is 31.9 Å². The lowest BCUT2D eigenvalue weighted by Crippen LogP contribution is -2.29. The molecule has 1 fully saturated rings. The number of nitrogens with one attached hydrogen (secondary N) is 1. The van der Waals surface area contributed by atoms with E-state index in [0.29, 0.717) is 0 Å². The predicted octanol–water partition coefficient (Wildman–Crippen LogP) is 4.35. The molecule has 1 N–H and O–H groups in total. The fraction of sp³-hybridized carbons (Fsp3) is 0.409. The number of hydrogen-bond donors (Lipinski definition) is 1. The molecule has 0 spiro atoms. The van der Waals surface area contributed by atoms with Gasteiger partial charge < -0.3 is 4.98 Å². The molecule has 0 aliphatic carbocycles. The molecule has 3 heteroatoms. The number of fused-ring (bicyclic) bond motifs is 3. The quantitative estimate of drug-likeness (QED) is 0.774. The molecule has 0 radical (unpaired) electrons. The normalized spacial score (nSPS) is 22.1. The van der Waals surface area contributed by atoms with Crippen LogP contribution in [-0.2, 0) is 19.4 Å². The van der Waals surface area contributed by atoms with Crippen LogP contribution in [0.2, 0.25) is 0 Å². The Balaban J connectivity index is 1.49. The third kappa shape index (κ3) is 2.67. The van der Waals surface area contributed by atoms with Gasteiger partial charge in [-0.2, -0.15) is 0 Å². The molecule has 0 unspecified atom stereocenters. The minimum Gasteiger partial charge on any atom is -0.358 e. The van der Waals surface area contributed by atoms with E-state index >= 15 is 0 Å². The Labute approximate surface area is 149 Å². The van der Waals surface area contributed by atoms with Crippen LogP contribution in [0.5, 0.6) is 0 Å². The van der Waals surface area contributed by atoms with Crippen LogP contribution in [0.3, 0.4) is 0 Å². The Hall–Kier alpha value is -2.13. The van der Waals surface area contributed by atoms with Crippen molar-refractivity contribution in [3.63, 3.8) is 0 Å². The van der Waals surface area contributed by atoms with Gasteiger partial charge in [-0.3, -0.25) is 9.88 Å². The number of benzene rings is 1. The largest absolute Gasteiger partial charge is 0.358 e. The van der Waals surface area contributed by atoms with Gasteiger partial charge in [-0.15, -0.1) is 0 Å². The number of para-hydroxylation sites is 1. The molecule has 0 saturated carbocycles. The minimum absolute atomic E-state index is 0.732. The Kier molecular flexibility index (Phi) is 3.63. The van der Waals surface area contributed by atoms with Crippen LogP contribution in [0, 0.1) is 6.92 Å². The van der Waals surface area contributed by atoms with Gasteiger partial charge in [-0.1, -0.05) is 24.3 Å². The fourth-order valence-electron chi connectivity index (χ4n) is 4.61. The number of nitrogens with zero attached hydrogens (tertiary/aromatic N) is 2. The van der Waals surface area contributed by atoms with E-state index in [4.69, 9.17) is 0 Å². The van der Waals surface area contributed by atoms with Crippen molar-refractivity contribution < 1.29 is 0 Å². The summed E-state index contributed by atoms with van der Waals surface area (Å²) in [5.41, 5.74) is 8.32. The summed E-state index contributed by atoms with van der Waals surface area (Å²) in [5, 5.41) is 1.45. The summed E-state index contributed by atoms with van der Waals surface area (Å²) in [7, 11) is 0. The monoisotopic (exact) mass is 331 g/mol. The van der Waals surface area contributed by atoms with Gasteiger partial charge in [0, 0.05) is 41.0 Å². The fourth-order valence-corrected chi connectivity index (χ4v) is 4.61. The highest BCUT2D eigenvalue weighted by molar-refractivity contribution is 5.87. The average Bonchev–Trinajstić information content (AvgIpc) is 2.82. The maximum absolute atomic E-state index is 4.43. The maximum atomic E-state index is 4.43. The average molecular weight is 331 g/mol. The SMILES string of the molecule is Cc1ccc(CCc2cccc3c4c([nH]c23)C2CCN(CC2)C4)cn1. The number of aromatic nitrogens is 2. The molecule has 5 heterocycles. The first-order valence-corrected chi connectivity index (χ1v) is 9.54. The Morgan fingerprint density at radius 1 is 1.12 bits per heavy atom. The highest BCUT2D eigenvalue weighted by atomic mass is 15.1. The standard InChI is InChI=1S/C22H25N3/c1-15-5-6-16(13-23-15)7-8-17-3-2-4-19-20-14-25-11-9-18(10-12-25)22(20)24-21(17)19/h2-6,13,18,24H,7-12,14H2,1H3. The zero-order chi connectivity index (χ0) is 16.8. The van der Waals surface area contributed by atoms with Gasteiger partial charge >= 0.3 is 0 Å². The van der Waals surface area contributed by atoms with Crippen molar-refractivity contribution in [3.8, 4) is 0 Å². The van der Waals surface area contributed by atoms with Gasteiger partial charge in [0.05, 0.1) is 0 Å². The first-order chi connectivity index (χ1) is 12.3. The van der Waals surface area contributed by atoms with E-state index < -0.39 is 0 Å². The van der Waals surface area contributed by atoms with Crippen molar-refractivity contribution in [3.05, 3.63) is 64.6 Å². The van der Waals surface area contributed by atoms with Crippen molar-refractivity contribution in [2.45, 2.75) is 45.1 Å². The van der Waals surface area contributed by atoms with E-state index in [1.54, 1.807) is 5.56 Å². The molecule has 25 heavy (non-hydrogen) atoms. The van der Waals surface area contributed by atoms with Crippen molar-refractivity contribution in [2.24, 2.45) is 0 Å². The molecular weight excluding hydrogens is 306 g/mol. The van der Waals surface area contributed by atoms with E-state index in [0.717, 1.165) is 31.0 Å². The van der Waals surface area contributed by atoms with Crippen molar-refractivity contribution in [1.82, 2.24) is 14.9 Å². The lowest BCUT2D eigenvalue weighted by molar-refractivity contribution is 0.220. The third-order valence-electron chi connectivity index (χ3n) is 6.09. The number of aromatic amines is 1. The van der Waals surface area contributed by atoms with Crippen LogP contribution in [0.15, 0.2) is 36.5 Å². The second-order valence-corrected chi connectivity index (χ2v) is 7.72. The highest BCUT2D eigenvalue weighted by Gasteiger charge is 2.30. The molecule has 3 nitrogen and oxygen atoms in total. The van der Waals surface area contributed by atoms with Crippen molar-refractivity contribution in [1.29, 1.82) is 0 Å². The molecule has 2 aromatic heterocycles. The summed E-state index contributed by atoms with van der Waals surface area (Å²) >= 11 is 0. The van der Waals surface area contributed by atoms with Crippen LogP contribution >= 0.6 is 0 Å². The summed E-state index contributed by atoms with van der Waals surface area (Å²) in [6.07, 6.45) is 6.75. The number of H-pyrrole nitrogens is 1. The Morgan fingerprint density at radius 3 is 2.80 bits per heavy atom.